The molecule has 120 valence electrons. The van der Waals surface area contributed by atoms with Gasteiger partial charge in [0.25, 0.3) is 0 Å². The van der Waals surface area contributed by atoms with Gasteiger partial charge < -0.3 is 14.4 Å². The van der Waals surface area contributed by atoms with Gasteiger partial charge in [0.05, 0.1) is 12.4 Å². The third-order valence-corrected chi connectivity index (χ3v) is 7.61. The van der Waals surface area contributed by atoms with Crippen molar-refractivity contribution in [3.8, 4) is 0 Å². The van der Waals surface area contributed by atoms with Crippen LogP contribution in [-0.2, 0) is 24.1 Å². The Hall–Kier alpha value is -0.660. The van der Waals surface area contributed by atoms with Crippen LogP contribution in [0.3, 0.4) is 0 Å². The first-order chi connectivity index (χ1) is 9.98. The molecule has 1 amide bonds. The van der Waals surface area contributed by atoms with Crippen LogP contribution < -0.4 is 0 Å². The van der Waals surface area contributed by atoms with Gasteiger partial charge in [0, 0.05) is 32.7 Å². The molecule has 0 aromatic carbocycles. The highest BCUT2D eigenvalue weighted by molar-refractivity contribution is 7.93. The summed E-state index contributed by atoms with van der Waals surface area (Å²) in [6.45, 7) is 1.87. The van der Waals surface area contributed by atoms with E-state index in [9.17, 15) is 13.2 Å². The van der Waals surface area contributed by atoms with Gasteiger partial charge in [0.1, 0.15) is 11.4 Å². The number of carbonyl (C=O) groups is 1. The number of hydrogen-bond acceptors (Lipinski definition) is 5. The van der Waals surface area contributed by atoms with Gasteiger partial charge in [-0.25, -0.2) is 8.42 Å². The molecule has 2 aliphatic heterocycles. The van der Waals surface area contributed by atoms with Crippen LogP contribution in [0.4, 0.5) is 0 Å². The zero-order chi connectivity index (χ0) is 15.1. The molecule has 0 radical (unpaired) electrons. The van der Waals surface area contributed by atoms with Crippen LogP contribution in [0.25, 0.3) is 0 Å². The molecule has 3 aliphatic rings. The van der Waals surface area contributed by atoms with E-state index in [1.165, 1.54) is 20.0 Å². The zero-order valence-electron chi connectivity index (χ0n) is 12.4. The summed E-state index contributed by atoms with van der Waals surface area (Å²) in [6.07, 6.45) is 3.11. The number of methoxy groups -OCH3 is 1. The quantitative estimate of drug-likeness (QED) is 0.693. The lowest BCUT2D eigenvalue weighted by Gasteiger charge is -2.49. The maximum absolute atomic E-state index is 12.4. The van der Waals surface area contributed by atoms with E-state index in [4.69, 9.17) is 9.47 Å². The predicted octanol–water partition coefficient (Wildman–Crippen LogP) is 0.0751. The molecule has 21 heavy (non-hydrogen) atoms. The van der Waals surface area contributed by atoms with E-state index in [0.29, 0.717) is 32.0 Å². The summed E-state index contributed by atoms with van der Waals surface area (Å²) in [5.74, 6) is 0.785. The van der Waals surface area contributed by atoms with Crippen molar-refractivity contribution in [3.05, 3.63) is 0 Å². The second kappa shape index (κ2) is 5.52. The number of hydrogen-bond donors (Lipinski definition) is 0. The van der Waals surface area contributed by atoms with Gasteiger partial charge in [-0.3, -0.25) is 4.79 Å². The number of sulfone groups is 1. The Bertz CT molecular complexity index is 507. The second-order valence-corrected chi connectivity index (χ2v) is 8.98. The lowest BCUT2D eigenvalue weighted by Crippen LogP contribution is -2.69. The van der Waals surface area contributed by atoms with E-state index in [-0.39, 0.29) is 24.2 Å². The van der Waals surface area contributed by atoms with Crippen LogP contribution in [0.15, 0.2) is 0 Å². The van der Waals surface area contributed by atoms with Crippen molar-refractivity contribution in [2.45, 2.75) is 24.0 Å². The Kier molecular flexibility index (Phi) is 4.00. The summed E-state index contributed by atoms with van der Waals surface area (Å²) in [7, 11) is -1.66. The molecule has 1 unspecified atom stereocenters. The molecule has 1 aliphatic carbocycles. The molecule has 0 aromatic rings. The monoisotopic (exact) mass is 317 g/mol. The van der Waals surface area contributed by atoms with Crippen molar-refractivity contribution in [1.29, 1.82) is 0 Å². The zero-order valence-corrected chi connectivity index (χ0v) is 13.2. The highest BCUT2D eigenvalue weighted by atomic mass is 32.2. The van der Waals surface area contributed by atoms with Crippen LogP contribution in [0, 0.1) is 11.8 Å². The first-order valence-electron chi connectivity index (χ1n) is 7.55. The number of amides is 1. The van der Waals surface area contributed by atoms with Crippen LogP contribution in [-0.4, -0.2) is 69.7 Å². The largest absolute Gasteiger partial charge is 0.381 e. The molecule has 2 heterocycles. The van der Waals surface area contributed by atoms with Gasteiger partial charge in [-0.05, 0) is 25.2 Å². The Balaban J connectivity index is 1.61. The summed E-state index contributed by atoms with van der Waals surface area (Å²) in [5.41, 5.74) is 0. The Morgan fingerprint density at radius 1 is 1.24 bits per heavy atom. The van der Waals surface area contributed by atoms with Gasteiger partial charge >= 0.3 is 0 Å². The maximum Gasteiger partial charge on any atom is 0.248 e. The van der Waals surface area contributed by atoms with Crippen molar-refractivity contribution in [3.63, 3.8) is 0 Å². The Morgan fingerprint density at radius 2 is 1.95 bits per heavy atom. The third kappa shape index (κ3) is 2.71. The van der Waals surface area contributed by atoms with Gasteiger partial charge in [-0.15, -0.1) is 0 Å². The van der Waals surface area contributed by atoms with Crippen molar-refractivity contribution in [1.82, 2.24) is 4.90 Å². The molecule has 0 N–H and O–H groups in total. The topological polar surface area (TPSA) is 72.9 Å². The average molecular weight is 317 g/mol. The van der Waals surface area contributed by atoms with Gasteiger partial charge in [-0.2, -0.15) is 0 Å². The number of ether oxygens (including phenoxy) is 2. The van der Waals surface area contributed by atoms with Crippen LogP contribution in [0.2, 0.25) is 0 Å². The molecular weight excluding hydrogens is 294 g/mol. The van der Waals surface area contributed by atoms with E-state index < -0.39 is 14.6 Å². The molecule has 0 aromatic heterocycles. The fourth-order valence-electron chi connectivity index (χ4n) is 3.36. The SMILES string of the molecule is COCC(=O)N1CC2(C1)C(COCC1CC1)CCS2(=O)=O. The van der Waals surface area contributed by atoms with Crippen LogP contribution in [0.1, 0.15) is 19.3 Å². The first-order valence-corrected chi connectivity index (χ1v) is 9.20. The van der Waals surface area contributed by atoms with Crippen molar-refractivity contribution in [2.75, 3.05) is 45.8 Å². The van der Waals surface area contributed by atoms with Gasteiger partial charge in [-0.1, -0.05) is 0 Å². The molecule has 1 spiro atoms. The van der Waals surface area contributed by atoms with E-state index >= 15 is 0 Å². The van der Waals surface area contributed by atoms with Crippen molar-refractivity contribution in [2.24, 2.45) is 11.8 Å². The fraction of sp³-hybridized carbons (Fsp3) is 0.929. The Labute approximate surface area is 125 Å². The molecule has 3 rings (SSSR count). The molecule has 3 fully saturated rings. The molecule has 0 bridgehead atoms. The smallest absolute Gasteiger partial charge is 0.248 e. The van der Waals surface area contributed by atoms with Gasteiger partial charge in [0.2, 0.25) is 5.91 Å². The fourth-order valence-corrected chi connectivity index (χ4v) is 5.76. The second-order valence-electron chi connectivity index (χ2n) is 6.53. The normalized spacial score (nSPS) is 29.6. The van der Waals surface area contributed by atoms with Crippen molar-refractivity contribution < 1.29 is 22.7 Å². The molecule has 1 saturated carbocycles. The maximum atomic E-state index is 12.4. The molecule has 1 atom stereocenters. The number of nitrogens with zero attached hydrogens (tertiary/aromatic N) is 1. The number of rotatable bonds is 6. The third-order valence-electron chi connectivity index (χ3n) is 5.01. The van der Waals surface area contributed by atoms with E-state index in [1.807, 2.05) is 0 Å². The summed E-state index contributed by atoms with van der Waals surface area (Å²) < 4.78 is 34.5. The molecular formula is C14H23NO5S. The molecule has 2 saturated heterocycles. The van der Waals surface area contributed by atoms with Crippen molar-refractivity contribution >= 4 is 15.7 Å². The minimum Gasteiger partial charge on any atom is -0.381 e. The average Bonchev–Trinajstić information content (AvgIpc) is 3.13. The van der Waals surface area contributed by atoms with Gasteiger partial charge in [0.15, 0.2) is 9.84 Å². The standard InChI is InChI=1S/C14H23NO5S/c1-19-8-13(16)15-9-14(10-15)12(4-5-21(14,17)18)7-20-6-11-2-3-11/h11-12H,2-10H2,1H3. The highest BCUT2D eigenvalue weighted by Gasteiger charge is 2.62. The summed E-state index contributed by atoms with van der Waals surface area (Å²) in [4.78, 5) is 13.4. The summed E-state index contributed by atoms with van der Waals surface area (Å²) in [6, 6.07) is 0. The minimum absolute atomic E-state index is 0.0129. The summed E-state index contributed by atoms with van der Waals surface area (Å²) >= 11 is 0. The summed E-state index contributed by atoms with van der Waals surface area (Å²) in [5, 5.41) is 0. The first kappa shape index (κ1) is 15.2. The molecule has 6 nitrogen and oxygen atoms in total. The minimum atomic E-state index is -3.13. The lowest BCUT2D eigenvalue weighted by molar-refractivity contribution is -0.141. The van der Waals surface area contributed by atoms with Crippen LogP contribution >= 0.6 is 0 Å². The number of carbonyl (C=O) groups excluding carboxylic acids is 1. The van der Waals surface area contributed by atoms with E-state index in [0.717, 1.165) is 6.61 Å². The Morgan fingerprint density at radius 3 is 2.57 bits per heavy atom. The molecule has 7 heteroatoms. The highest BCUT2D eigenvalue weighted by Crippen LogP contribution is 2.45. The van der Waals surface area contributed by atoms with E-state index in [1.54, 1.807) is 4.90 Å². The predicted molar refractivity (Wildman–Crippen MR) is 76.6 cm³/mol. The lowest BCUT2D eigenvalue weighted by atomic mass is 9.83. The van der Waals surface area contributed by atoms with Crippen LogP contribution in [0.5, 0.6) is 0 Å². The van der Waals surface area contributed by atoms with E-state index in [2.05, 4.69) is 0 Å². The number of likely N-dealkylation sites (tertiary alicyclic amines) is 1.